The lowest BCUT2D eigenvalue weighted by Crippen LogP contribution is -2.22. The number of anilines is 3. The lowest BCUT2D eigenvalue weighted by atomic mass is 10.0. The Morgan fingerprint density at radius 1 is 0.900 bits per heavy atom. The van der Waals surface area contributed by atoms with Crippen molar-refractivity contribution in [2.24, 2.45) is 0 Å². The summed E-state index contributed by atoms with van der Waals surface area (Å²) in [7, 11) is 0. The van der Waals surface area contributed by atoms with Crippen molar-refractivity contribution in [1.29, 1.82) is 0 Å². The summed E-state index contributed by atoms with van der Waals surface area (Å²) in [4.78, 5) is 35.4. The van der Waals surface area contributed by atoms with Crippen LogP contribution in [0.15, 0.2) is 67.4 Å². The maximum absolute atomic E-state index is 14.3. The molecule has 0 spiro atoms. The van der Waals surface area contributed by atoms with E-state index in [2.05, 4.69) is 25.0 Å². The van der Waals surface area contributed by atoms with E-state index in [-0.39, 0.29) is 17.9 Å². The Labute approximate surface area is 287 Å². The number of halogens is 5. The van der Waals surface area contributed by atoms with Gasteiger partial charge < -0.3 is 19.9 Å². The quantitative estimate of drug-likeness (QED) is 0.146. The molecule has 2 aliphatic heterocycles. The molecule has 16 heteroatoms. The van der Waals surface area contributed by atoms with E-state index in [4.69, 9.17) is 21.7 Å². The first kappa shape index (κ1) is 31.9. The normalized spacial score (nSPS) is 18.3. The van der Waals surface area contributed by atoms with Crippen molar-refractivity contribution in [3.63, 3.8) is 0 Å². The number of aromatic nitrogens is 6. The lowest BCUT2D eigenvalue weighted by molar-refractivity contribution is -0.0964. The van der Waals surface area contributed by atoms with E-state index in [1.807, 2.05) is 22.1 Å². The Morgan fingerprint density at radius 3 is 2.30 bits per heavy atom. The van der Waals surface area contributed by atoms with E-state index in [1.54, 1.807) is 29.3 Å². The number of fused-ring (bicyclic) bond motifs is 3. The number of hydrogen-bond acceptors (Lipinski definition) is 9. The zero-order valence-corrected chi connectivity index (χ0v) is 27.0. The molecule has 4 aromatic heterocycles. The van der Waals surface area contributed by atoms with Crippen molar-refractivity contribution in [2.45, 2.75) is 37.2 Å². The van der Waals surface area contributed by atoms with Crippen LogP contribution in [0.5, 0.6) is 5.75 Å². The van der Waals surface area contributed by atoms with Gasteiger partial charge in [0.1, 0.15) is 23.9 Å². The van der Waals surface area contributed by atoms with E-state index in [9.17, 15) is 22.4 Å². The molecular formula is C34H28ClF4N9O2. The topological polar surface area (TPSA) is 114 Å². The Hall–Kier alpha value is -5.31. The average Bonchev–Trinajstić information content (AvgIpc) is 3.89. The van der Waals surface area contributed by atoms with Gasteiger partial charge in [0.25, 0.3) is 11.9 Å². The van der Waals surface area contributed by atoms with Gasteiger partial charge in [0, 0.05) is 84.2 Å². The van der Waals surface area contributed by atoms with Crippen LogP contribution in [0.4, 0.5) is 34.8 Å². The summed E-state index contributed by atoms with van der Waals surface area (Å²) in [6.45, 7) is 1.57. The number of nitrogens with zero attached hydrogens (tertiary/aromatic N) is 8. The van der Waals surface area contributed by atoms with Crippen LogP contribution >= 0.6 is 11.6 Å². The number of nitrogens with one attached hydrogen (secondary N) is 1. The maximum Gasteiger partial charge on any atom is 0.487 e. The van der Waals surface area contributed by atoms with E-state index in [1.165, 1.54) is 30.5 Å². The molecule has 0 bridgehead atoms. The molecule has 1 aliphatic carbocycles. The number of pyridine rings is 2. The zero-order valence-electron chi connectivity index (χ0n) is 26.2. The van der Waals surface area contributed by atoms with E-state index < -0.39 is 23.8 Å². The SMILES string of the molecule is O=C(Nc1ccc(OC(F)(F)Cl)cc1)c1cnc(N2CC[C@@H](F)C2)c(-c2cnc3c(c2)-c2nn(-c4ncc(N5CC[C@@H](F)C5)cn4)cc2C3)c1. The summed E-state index contributed by atoms with van der Waals surface area (Å²) in [6.07, 6.45) is 7.86. The predicted octanol–water partition coefficient (Wildman–Crippen LogP) is 6.21. The van der Waals surface area contributed by atoms with Crippen molar-refractivity contribution < 1.29 is 27.1 Å². The van der Waals surface area contributed by atoms with Gasteiger partial charge in [-0.05, 0) is 49.2 Å². The number of rotatable bonds is 8. The number of amides is 1. The monoisotopic (exact) mass is 705 g/mol. The summed E-state index contributed by atoms with van der Waals surface area (Å²) in [5.74, 6) is 0.220. The van der Waals surface area contributed by atoms with Crippen molar-refractivity contribution >= 4 is 34.7 Å². The largest absolute Gasteiger partial charge is 0.487 e. The highest BCUT2D eigenvalue weighted by molar-refractivity contribution is 6.20. The predicted molar refractivity (Wildman–Crippen MR) is 178 cm³/mol. The third-order valence-electron chi connectivity index (χ3n) is 8.91. The summed E-state index contributed by atoms with van der Waals surface area (Å²) in [5, 5.41) is 7.51. The number of ether oxygens (including phenoxy) is 1. The summed E-state index contributed by atoms with van der Waals surface area (Å²) in [6, 6.07) is 8.92. The van der Waals surface area contributed by atoms with E-state index in [0.717, 1.165) is 28.2 Å². The minimum absolute atomic E-state index is 0.166. The number of carbonyl (C=O) groups excluding carboxylic acids is 1. The van der Waals surface area contributed by atoms with Gasteiger partial charge in [0.05, 0.1) is 41.6 Å². The first-order valence-electron chi connectivity index (χ1n) is 15.9. The average molecular weight is 706 g/mol. The molecule has 0 radical (unpaired) electrons. The van der Waals surface area contributed by atoms with Crippen LogP contribution in [0.25, 0.3) is 28.3 Å². The fourth-order valence-corrected chi connectivity index (χ4v) is 6.57. The second-order valence-electron chi connectivity index (χ2n) is 12.4. The molecule has 1 N–H and O–H groups in total. The number of hydrogen-bond donors (Lipinski definition) is 1. The number of carbonyl (C=O) groups is 1. The van der Waals surface area contributed by atoms with Crippen LogP contribution < -0.4 is 19.9 Å². The Kier molecular flexibility index (Phi) is 8.01. The fraction of sp³-hybridized carbons (Fsp3) is 0.294. The van der Waals surface area contributed by atoms with Crippen molar-refractivity contribution in [2.75, 3.05) is 41.3 Å². The molecule has 0 unspecified atom stereocenters. The van der Waals surface area contributed by atoms with Gasteiger partial charge in [-0.15, -0.1) is 8.78 Å². The fourth-order valence-electron chi connectivity index (χ4n) is 6.48. The van der Waals surface area contributed by atoms with Gasteiger partial charge in [0.15, 0.2) is 0 Å². The third-order valence-corrected chi connectivity index (χ3v) is 8.99. The maximum atomic E-state index is 14.3. The zero-order chi connectivity index (χ0) is 34.6. The minimum atomic E-state index is -3.86. The second kappa shape index (κ2) is 12.5. The van der Waals surface area contributed by atoms with Gasteiger partial charge in [-0.25, -0.2) is 28.4 Å². The molecule has 256 valence electrons. The Bertz CT molecular complexity index is 2080. The van der Waals surface area contributed by atoms with Gasteiger partial charge in [-0.2, -0.15) is 5.10 Å². The highest BCUT2D eigenvalue weighted by atomic mass is 35.5. The molecule has 0 saturated carbocycles. The van der Waals surface area contributed by atoms with Crippen LogP contribution in [-0.4, -0.2) is 79.7 Å². The van der Waals surface area contributed by atoms with E-state index in [0.29, 0.717) is 67.5 Å². The smallest absolute Gasteiger partial charge is 0.420 e. The van der Waals surface area contributed by atoms with Crippen molar-refractivity contribution in [1.82, 2.24) is 29.7 Å². The third kappa shape index (κ3) is 6.40. The highest BCUT2D eigenvalue weighted by Gasteiger charge is 2.30. The van der Waals surface area contributed by atoms with Crippen LogP contribution in [0.3, 0.4) is 0 Å². The molecule has 1 amide bonds. The van der Waals surface area contributed by atoms with Gasteiger partial charge in [-0.1, -0.05) is 0 Å². The molecule has 5 aromatic rings. The summed E-state index contributed by atoms with van der Waals surface area (Å²) in [5.41, 5.74) is 1.97. The molecule has 6 heterocycles. The molecular weight excluding hydrogens is 678 g/mol. The summed E-state index contributed by atoms with van der Waals surface area (Å²) < 4.78 is 59.9. The van der Waals surface area contributed by atoms with Crippen molar-refractivity contribution in [3.05, 3.63) is 84.2 Å². The second-order valence-corrected chi connectivity index (χ2v) is 12.8. The molecule has 11 nitrogen and oxygen atoms in total. The Balaban J connectivity index is 1.08. The van der Waals surface area contributed by atoms with Crippen LogP contribution in [-0.2, 0) is 6.42 Å². The van der Waals surface area contributed by atoms with E-state index >= 15 is 0 Å². The van der Waals surface area contributed by atoms with Gasteiger partial charge in [-0.3, -0.25) is 9.78 Å². The first-order valence-corrected chi connectivity index (χ1v) is 16.3. The summed E-state index contributed by atoms with van der Waals surface area (Å²) >= 11 is 4.83. The molecule has 8 rings (SSSR count). The molecule has 50 heavy (non-hydrogen) atoms. The highest BCUT2D eigenvalue weighted by Crippen LogP contribution is 2.40. The van der Waals surface area contributed by atoms with Crippen LogP contribution in [0.1, 0.15) is 34.5 Å². The van der Waals surface area contributed by atoms with Crippen LogP contribution in [0, 0.1) is 0 Å². The molecule has 2 atom stereocenters. The lowest BCUT2D eigenvalue weighted by Gasteiger charge is -2.21. The van der Waals surface area contributed by atoms with Crippen LogP contribution in [0.2, 0.25) is 0 Å². The number of benzene rings is 1. The molecule has 2 saturated heterocycles. The minimum Gasteiger partial charge on any atom is -0.420 e. The molecule has 3 aliphatic rings. The standard InChI is InChI=1S/C34H28ClF4N9O2/c35-34(38,39)50-26-3-1-24(2-4-26)44-32(49)20-10-27(31(41-13-20)47-8-6-23(37)18-47)19-9-28-29(40-12-19)11-21-16-48(45-30(21)28)33-42-14-25(15-43-33)46-7-5-22(36)17-46/h1-4,9-10,12-16,22-23H,5-8,11,17-18H2,(H,44,49)/t22-,23-/m1/s1. The van der Waals surface area contributed by atoms with Gasteiger partial charge >= 0.3 is 5.57 Å². The first-order chi connectivity index (χ1) is 24.1. The Morgan fingerprint density at radius 2 is 1.62 bits per heavy atom. The van der Waals surface area contributed by atoms with Crippen molar-refractivity contribution in [3.8, 4) is 34.1 Å². The van der Waals surface area contributed by atoms with Gasteiger partial charge in [0.2, 0.25) is 0 Å². The molecule has 2 fully saturated rings. The number of alkyl halides is 5. The molecule has 1 aromatic carbocycles.